The second-order valence-corrected chi connectivity index (χ2v) is 5.59. The summed E-state index contributed by atoms with van der Waals surface area (Å²) in [6, 6.07) is 11.6. The van der Waals surface area contributed by atoms with Gasteiger partial charge in [0.2, 0.25) is 0 Å². The maximum absolute atomic E-state index is 14.1. The molecule has 0 N–H and O–H groups in total. The number of hydrogen-bond acceptors (Lipinski definition) is 3. The summed E-state index contributed by atoms with van der Waals surface area (Å²) in [4.78, 5) is 11.5. The molecule has 0 fully saturated rings. The van der Waals surface area contributed by atoms with E-state index in [-0.39, 0.29) is 12.4 Å². The van der Waals surface area contributed by atoms with Crippen LogP contribution in [0.15, 0.2) is 66.8 Å². The van der Waals surface area contributed by atoms with Crippen molar-refractivity contribution in [3.63, 3.8) is 0 Å². The van der Waals surface area contributed by atoms with E-state index in [0.29, 0.717) is 16.9 Å². The van der Waals surface area contributed by atoms with Crippen molar-refractivity contribution in [3.05, 3.63) is 72.6 Å². The Morgan fingerprint density at radius 1 is 1.04 bits per heavy atom. The number of ether oxygens (including phenoxy) is 2. The van der Waals surface area contributed by atoms with Crippen molar-refractivity contribution in [3.8, 4) is 22.6 Å². The molecule has 0 radical (unpaired) electrons. The first-order valence-corrected chi connectivity index (χ1v) is 7.41. The summed E-state index contributed by atoms with van der Waals surface area (Å²) in [6.07, 6.45) is 0. The zero-order valence-electron chi connectivity index (χ0n) is 13.8. The van der Waals surface area contributed by atoms with Gasteiger partial charge in [0.1, 0.15) is 12.4 Å². The van der Waals surface area contributed by atoms with Gasteiger partial charge in [-0.3, -0.25) is 0 Å². The molecule has 0 aliphatic rings. The maximum Gasteiger partial charge on any atom is 0.338 e. The summed E-state index contributed by atoms with van der Waals surface area (Å²) < 4.78 is 24.5. The standard InChI is InChI=1S/C20H19FO3/c1-13(2)12-23-19-10-7-16(11-18(19)21)15-5-8-17(9-6-15)24-20(22)14(3)4/h5-11H,1,3,12H2,2,4H3. The molecule has 124 valence electrons. The molecule has 24 heavy (non-hydrogen) atoms. The molecule has 0 unspecified atom stereocenters. The molecule has 0 aliphatic carbocycles. The van der Waals surface area contributed by atoms with Crippen molar-refractivity contribution in [1.29, 1.82) is 0 Å². The summed E-state index contributed by atoms with van der Waals surface area (Å²) in [5, 5.41) is 0. The van der Waals surface area contributed by atoms with Crippen LogP contribution in [0.5, 0.6) is 11.5 Å². The van der Waals surface area contributed by atoms with Gasteiger partial charge in [0.25, 0.3) is 0 Å². The van der Waals surface area contributed by atoms with Crippen molar-refractivity contribution >= 4 is 5.97 Å². The molecular formula is C20H19FO3. The number of hydrogen-bond donors (Lipinski definition) is 0. The molecule has 4 heteroatoms. The van der Waals surface area contributed by atoms with Crippen molar-refractivity contribution < 1.29 is 18.7 Å². The van der Waals surface area contributed by atoms with Crippen LogP contribution in [0.25, 0.3) is 11.1 Å². The third-order valence-electron chi connectivity index (χ3n) is 3.15. The normalized spacial score (nSPS) is 10.1. The predicted octanol–water partition coefficient (Wildman–Crippen LogP) is 4.93. The van der Waals surface area contributed by atoms with Gasteiger partial charge in [-0.05, 0) is 54.8 Å². The fourth-order valence-electron chi connectivity index (χ4n) is 1.91. The molecule has 0 aliphatic heterocycles. The van der Waals surface area contributed by atoms with Crippen molar-refractivity contribution in [2.24, 2.45) is 0 Å². The van der Waals surface area contributed by atoms with Crippen LogP contribution in [0.2, 0.25) is 0 Å². The molecular weight excluding hydrogens is 307 g/mol. The molecule has 3 nitrogen and oxygen atoms in total. The topological polar surface area (TPSA) is 35.5 Å². The van der Waals surface area contributed by atoms with Crippen LogP contribution in [0.1, 0.15) is 13.8 Å². The van der Waals surface area contributed by atoms with E-state index in [0.717, 1.165) is 11.1 Å². The Hall–Kier alpha value is -2.88. The first kappa shape index (κ1) is 17.5. The Bertz CT molecular complexity index is 776. The Morgan fingerprint density at radius 2 is 1.67 bits per heavy atom. The quantitative estimate of drug-likeness (QED) is 0.327. The van der Waals surface area contributed by atoms with Crippen molar-refractivity contribution in [2.45, 2.75) is 13.8 Å². The van der Waals surface area contributed by atoms with E-state index in [1.807, 2.05) is 6.92 Å². The molecule has 0 amide bonds. The van der Waals surface area contributed by atoms with Gasteiger partial charge in [-0.1, -0.05) is 31.4 Å². The monoisotopic (exact) mass is 326 g/mol. The summed E-state index contributed by atoms with van der Waals surface area (Å²) >= 11 is 0. The molecule has 0 heterocycles. The summed E-state index contributed by atoms with van der Waals surface area (Å²) in [6.45, 7) is 10.9. The number of halogens is 1. The Labute approximate surface area is 141 Å². The zero-order valence-corrected chi connectivity index (χ0v) is 13.8. The molecule has 0 saturated carbocycles. The van der Waals surface area contributed by atoms with Gasteiger partial charge in [0.15, 0.2) is 11.6 Å². The summed E-state index contributed by atoms with van der Waals surface area (Å²) in [7, 11) is 0. The van der Waals surface area contributed by atoms with Crippen LogP contribution in [-0.4, -0.2) is 12.6 Å². The highest BCUT2D eigenvalue weighted by atomic mass is 19.1. The van der Waals surface area contributed by atoms with Gasteiger partial charge in [-0.2, -0.15) is 0 Å². The van der Waals surface area contributed by atoms with Gasteiger partial charge in [0, 0.05) is 5.57 Å². The first-order chi connectivity index (χ1) is 11.4. The van der Waals surface area contributed by atoms with E-state index in [9.17, 15) is 9.18 Å². The molecule has 0 bridgehead atoms. The smallest absolute Gasteiger partial charge is 0.338 e. The van der Waals surface area contributed by atoms with Gasteiger partial charge in [-0.25, -0.2) is 9.18 Å². The minimum atomic E-state index is -0.479. The maximum atomic E-state index is 14.1. The fourth-order valence-corrected chi connectivity index (χ4v) is 1.91. The molecule has 0 spiro atoms. The number of rotatable bonds is 6. The van der Waals surface area contributed by atoms with E-state index < -0.39 is 11.8 Å². The van der Waals surface area contributed by atoms with E-state index in [1.165, 1.54) is 6.07 Å². The van der Waals surface area contributed by atoms with E-state index >= 15 is 0 Å². The molecule has 2 aromatic rings. The second-order valence-electron chi connectivity index (χ2n) is 5.59. The van der Waals surface area contributed by atoms with Gasteiger partial charge < -0.3 is 9.47 Å². The molecule has 0 saturated heterocycles. The number of esters is 1. The number of carbonyl (C=O) groups is 1. The predicted molar refractivity (Wildman–Crippen MR) is 92.6 cm³/mol. The van der Waals surface area contributed by atoms with E-state index in [2.05, 4.69) is 13.2 Å². The molecule has 0 aromatic heterocycles. The SMILES string of the molecule is C=C(C)COc1ccc(-c2ccc(OC(=O)C(=C)C)cc2)cc1F. The second kappa shape index (κ2) is 7.59. The van der Waals surface area contributed by atoms with Crippen LogP contribution in [0.3, 0.4) is 0 Å². The van der Waals surface area contributed by atoms with Gasteiger partial charge in [-0.15, -0.1) is 0 Å². The fraction of sp³-hybridized carbons (Fsp3) is 0.150. The van der Waals surface area contributed by atoms with E-state index in [4.69, 9.17) is 9.47 Å². The van der Waals surface area contributed by atoms with Crippen molar-refractivity contribution in [2.75, 3.05) is 6.61 Å². The Balaban J connectivity index is 2.14. The number of benzene rings is 2. The van der Waals surface area contributed by atoms with Crippen LogP contribution >= 0.6 is 0 Å². The average Bonchev–Trinajstić information content (AvgIpc) is 2.54. The van der Waals surface area contributed by atoms with Crippen LogP contribution in [0.4, 0.5) is 4.39 Å². The Kier molecular flexibility index (Phi) is 5.53. The first-order valence-electron chi connectivity index (χ1n) is 7.41. The summed E-state index contributed by atoms with van der Waals surface area (Å²) in [5.74, 6) is -0.318. The summed E-state index contributed by atoms with van der Waals surface area (Å²) in [5.41, 5.74) is 2.65. The molecule has 2 rings (SSSR count). The lowest BCUT2D eigenvalue weighted by Gasteiger charge is -2.09. The van der Waals surface area contributed by atoms with Crippen molar-refractivity contribution in [1.82, 2.24) is 0 Å². The lowest BCUT2D eigenvalue weighted by molar-refractivity contribution is -0.130. The largest absolute Gasteiger partial charge is 0.486 e. The third kappa shape index (κ3) is 4.56. The lowest BCUT2D eigenvalue weighted by atomic mass is 10.1. The number of carbonyl (C=O) groups excluding carboxylic acids is 1. The average molecular weight is 326 g/mol. The lowest BCUT2D eigenvalue weighted by Crippen LogP contribution is -2.07. The van der Waals surface area contributed by atoms with Crippen LogP contribution in [-0.2, 0) is 4.79 Å². The Morgan fingerprint density at radius 3 is 2.21 bits per heavy atom. The van der Waals surface area contributed by atoms with Crippen LogP contribution < -0.4 is 9.47 Å². The molecule has 2 aromatic carbocycles. The van der Waals surface area contributed by atoms with E-state index in [1.54, 1.807) is 43.3 Å². The highest BCUT2D eigenvalue weighted by Gasteiger charge is 2.08. The minimum Gasteiger partial charge on any atom is -0.486 e. The highest BCUT2D eigenvalue weighted by Crippen LogP contribution is 2.27. The third-order valence-corrected chi connectivity index (χ3v) is 3.15. The highest BCUT2D eigenvalue weighted by molar-refractivity contribution is 5.88. The van der Waals surface area contributed by atoms with Gasteiger partial charge in [0.05, 0.1) is 0 Å². The zero-order chi connectivity index (χ0) is 17.7. The molecule has 0 atom stereocenters. The minimum absolute atomic E-state index is 0.189. The van der Waals surface area contributed by atoms with Gasteiger partial charge >= 0.3 is 5.97 Å². The van der Waals surface area contributed by atoms with Crippen LogP contribution in [0, 0.1) is 5.82 Å².